The van der Waals surface area contributed by atoms with Gasteiger partial charge in [0.1, 0.15) is 5.75 Å². The molecule has 2 aromatic carbocycles. The zero-order valence-corrected chi connectivity index (χ0v) is 16.7. The zero-order chi connectivity index (χ0) is 20.8. The number of aliphatic carboxylic acids is 1. The number of amides is 2. The van der Waals surface area contributed by atoms with Gasteiger partial charge in [-0.3, -0.25) is 19.8 Å². The first kappa shape index (κ1) is 20.6. The monoisotopic (exact) mass is 428 g/mol. The predicted molar refractivity (Wildman–Crippen MR) is 113 cm³/mol. The lowest BCUT2D eigenvalue weighted by Gasteiger charge is -2.15. The number of ether oxygens (including phenoxy) is 1. The Morgan fingerprint density at radius 1 is 1.17 bits per heavy atom. The molecule has 0 saturated carbocycles. The molecule has 1 fully saturated rings. The van der Waals surface area contributed by atoms with Crippen LogP contribution in [0.1, 0.15) is 22.3 Å². The lowest BCUT2D eigenvalue weighted by Crippen LogP contribution is -2.44. The Morgan fingerprint density at radius 2 is 1.93 bits per heavy atom. The van der Waals surface area contributed by atoms with E-state index in [9.17, 15) is 14.4 Å². The van der Waals surface area contributed by atoms with E-state index in [-0.39, 0.29) is 17.3 Å². The molecule has 0 radical (unpaired) electrons. The number of nitrogens with zero attached hydrogens (tertiary/aromatic N) is 1. The van der Waals surface area contributed by atoms with E-state index >= 15 is 0 Å². The largest absolute Gasteiger partial charge is 0.493 e. The van der Waals surface area contributed by atoms with Crippen LogP contribution in [0.2, 0.25) is 0 Å². The molecule has 7 nitrogen and oxygen atoms in total. The highest BCUT2D eigenvalue weighted by atomic mass is 32.2. The van der Waals surface area contributed by atoms with Gasteiger partial charge in [0.05, 0.1) is 17.9 Å². The van der Waals surface area contributed by atoms with Crippen molar-refractivity contribution in [3.63, 3.8) is 0 Å². The maximum absolute atomic E-state index is 12.7. The Hall–Kier alpha value is -3.17. The summed E-state index contributed by atoms with van der Waals surface area (Å²) in [7, 11) is 0. The van der Waals surface area contributed by atoms with Gasteiger partial charge in [0.25, 0.3) is 11.8 Å². The van der Waals surface area contributed by atoms with E-state index in [1.54, 1.807) is 60.7 Å². The van der Waals surface area contributed by atoms with Gasteiger partial charge in [0.2, 0.25) is 0 Å². The van der Waals surface area contributed by atoms with Crippen molar-refractivity contribution in [1.82, 2.24) is 10.4 Å². The third-order valence-corrected chi connectivity index (χ3v) is 5.09. The highest BCUT2D eigenvalue weighted by Gasteiger charge is 2.33. The van der Waals surface area contributed by atoms with Crippen LogP contribution in [0.25, 0.3) is 6.08 Å². The van der Waals surface area contributed by atoms with Crippen LogP contribution < -0.4 is 10.2 Å². The normalized spacial score (nSPS) is 14.9. The Bertz CT molecular complexity index is 991. The molecule has 2 amide bonds. The van der Waals surface area contributed by atoms with Crippen LogP contribution in [-0.2, 0) is 9.59 Å². The van der Waals surface area contributed by atoms with Gasteiger partial charge >= 0.3 is 5.97 Å². The molecule has 0 aliphatic carbocycles. The Morgan fingerprint density at radius 3 is 2.66 bits per heavy atom. The summed E-state index contributed by atoms with van der Waals surface area (Å²) in [5, 5.41) is 9.72. The summed E-state index contributed by atoms with van der Waals surface area (Å²) >= 11 is 6.30. The smallest absolute Gasteiger partial charge is 0.306 e. The minimum Gasteiger partial charge on any atom is -0.493 e. The van der Waals surface area contributed by atoms with E-state index in [0.717, 1.165) is 16.8 Å². The number of hydrogen-bond donors (Lipinski definition) is 2. The van der Waals surface area contributed by atoms with Crippen molar-refractivity contribution in [2.24, 2.45) is 0 Å². The summed E-state index contributed by atoms with van der Waals surface area (Å²) in [4.78, 5) is 35.9. The highest BCUT2D eigenvalue weighted by molar-refractivity contribution is 8.26. The Balaban J connectivity index is 1.69. The van der Waals surface area contributed by atoms with Crippen LogP contribution in [0.15, 0.2) is 59.5 Å². The third kappa shape index (κ3) is 5.43. The predicted octanol–water partition coefficient (Wildman–Crippen LogP) is 3.09. The summed E-state index contributed by atoms with van der Waals surface area (Å²) in [5.74, 6) is -1.31. The maximum Gasteiger partial charge on any atom is 0.306 e. The molecule has 2 N–H and O–H groups in total. The van der Waals surface area contributed by atoms with Crippen LogP contribution in [0.4, 0.5) is 0 Å². The van der Waals surface area contributed by atoms with Gasteiger partial charge in [0, 0.05) is 5.56 Å². The van der Waals surface area contributed by atoms with Crippen molar-refractivity contribution < 1.29 is 24.2 Å². The number of carbonyl (C=O) groups excluding carboxylic acids is 2. The van der Waals surface area contributed by atoms with Gasteiger partial charge in [-0.25, -0.2) is 0 Å². The van der Waals surface area contributed by atoms with Crippen LogP contribution in [0.3, 0.4) is 0 Å². The quantitative estimate of drug-likeness (QED) is 0.517. The molecule has 1 heterocycles. The van der Waals surface area contributed by atoms with Gasteiger partial charge in [-0.1, -0.05) is 42.1 Å². The summed E-state index contributed by atoms with van der Waals surface area (Å²) in [6, 6.07) is 15.4. The van der Waals surface area contributed by atoms with E-state index in [2.05, 4.69) is 5.43 Å². The van der Waals surface area contributed by atoms with Gasteiger partial charge in [-0.2, -0.15) is 5.01 Å². The topological polar surface area (TPSA) is 95.9 Å². The molecule has 0 spiro atoms. The second-order valence-corrected chi connectivity index (χ2v) is 7.56. The fraction of sp³-hybridized carbons (Fsp3) is 0.100. The lowest BCUT2D eigenvalue weighted by molar-refractivity contribution is -0.137. The highest BCUT2D eigenvalue weighted by Crippen LogP contribution is 2.32. The fourth-order valence-corrected chi connectivity index (χ4v) is 3.60. The second kappa shape index (κ2) is 9.35. The summed E-state index contributed by atoms with van der Waals surface area (Å²) in [6.07, 6.45) is 1.53. The number of thiocarbonyl (C=S) groups is 1. The van der Waals surface area contributed by atoms with E-state index in [1.807, 2.05) is 0 Å². The van der Waals surface area contributed by atoms with Crippen LogP contribution in [0, 0.1) is 0 Å². The summed E-state index contributed by atoms with van der Waals surface area (Å²) < 4.78 is 5.62. The molecule has 148 valence electrons. The van der Waals surface area contributed by atoms with E-state index in [4.69, 9.17) is 22.1 Å². The maximum atomic E-state index is 12.7. The fourth-order valence-electron chi connectivity index (χ4n) is 2.42. The number of carboxylic acid groups (broad SMARTS) is 1. The van der Waals surface area contributed by atoms with Crippen molar-refractivity contribution in [2.45, 2.75) is 6.42 Å². The van der Waals surface area contributed by atoms with E-state index < -0.39 is 17.8 Å². The number of hydrogen-bond acceptors (Lipinski definition) is 6. The van der Waals surface area contributed by atoms with Crippen molar-refractivity contribution >= 4 is 52.2 Å². The molecule has 0 atom stereocenters. The van der Waals surface area contributed by atoms with Crippen LogP contribution >= 0.6 is 24.0 Å². The average Bonchev–Trinajstić information content (AvgIpc) is 2.96. The number of carbonyl (C=O) groups is 3. The Kier molecular flexibility index (Phi) is 6.63. The van der Waals surface area contributed by atoms with Crippen LogP contribution in [0.5, 0.6) is 5.75 Å². The molecule has 0 aromatic heterocycles. The molecule has 3 rings (SSSR count). The van der Waals surface area contributed by atoms with Crippen molar-refractivity contribution in [3.05, 3.63) is 70.6 Å². The van der Waals surface area contributed by atoms with Crippen molar-refractivity contribution in [1.29, 1.82) is 0 Å². The minimum absolute atomic E-state index is 0.0480. The molecule has 9 heteroatoms. The van der Waals surface area contributed by atoms with Gasteiger partial charge in [-0.15, -0.1) is 0 Å². The standard InChI is InChI=1S/C20H16N2O5S2/c23-17(24)9-10-27-15-8-4-5-13(11-15)12-16-19(26)22(20(28)29-16)21-18(25)14-6-2-1-3-7-14/h1-8,11-12H,9-10H2,(H,21,25)(H,23,24)/b16-12+. The number of carboxylic acids is 1. The van der Waals surface area contributed by atoms with Gasteiger partial charge in [0.15, 0.2) is 4.32 Å². The first-order valence-corrected chi connectivity index (χ1v) is 9.75. The first-order chi connectivity index (χ1) is 13.9. The molecule has 0 unspecified atom stereocenters. The van der Waals surface area contributed by atoms with E-state index in [0.29, 0.717) is 21.8 Å². The number of thioether (sulfide) groups is 1. The van der Waals surface area contributed by atoms with Crippen LogP contribution in [-0.4, -0.2) is 38.8 Å². The van der Waals surface area contributed by atoms with Gasteiger partial charge < -0.3 is 9.84 Å². The number of benzene rings is 2. The SMILES string of the molecule is O=C(O)CCOc1cccc(/C=C2/SC(=S)N(NC(=O)c3ccccc3)C2=O)c1. The number of nitrogens with one attached hydrogen (secondary N) is 1. The van der Waals surface area contributed by atoms with E-state index in [1.165, 1.54) is 0 Å². The third-order valence-electron chi connectivity index (χ3n) is 3.78. The Labute approximate surface area is 176 Å². The molecular weight excluding hydrogens is 412 g/mol. The molecule has 1 aliphatic rings. The van der Waals surface area contributed by atoms with Crippen molar-refractivity contribution in [3.8, 4) is 5.75 Å². The van der Waals surface area contributed by atoms with Crippen molar-refractivity contribution in [2.75, 3.05) is 6.61 Å². The molecule has 1 aliphatic heterocycles. The molecule has 2 aromatic rings. The van der Waals surface area contributed by atoms with Gasteiger partial charge in [-0.05, 0) is 48.1 Å². The summed E-state index contributed by atoms with van der Waals surface area (Å²) in [5.41, 5.74) is 3.62. The molecule has 0 bridgehead atoms. The number of rotatable bonds is 7. The lowest BCUT2D eigenvalue weighted by atomic mass is 10.2. The zero-order valence-electron chi connectivity index (χ0n) is 15.0. The second-order valence-electron chi connectivity index (χ2n) is 5.89. The molecule has 29 heavy (non-hydrogen) atoms. The summed E-state index contributed by atoms with van der Waals surface area (Å²) in [6.45, 7) is 0.0480. The molecular formula is C20H16N2O5S2. The minimum atomic E-state index is -0.942. The first-order valence-electron chi connectivity index (χ1n) is 8.52. The average molecular weight is 428 g/mol. The molecule has 1 saturated heterocycles. The number of hydrazine groups is 1.